The summed E-state index contributed by atoms with van der Waals surface area (Å²) in [5, 5.41) is 0.674. The number of nitrogens with zero attached hydrogens (tertiary/aromatic N) is 3. The molecular formula is C17H24N6OS. The van der Waals surface area contributed by atoms with Crippen LogP contribution in [0.5, 0.6) is 0 Å². The van der Waals surface area contributed by atoms with Crippen LogP contribution in [0.25, 0.3) is 0 Å². The van der Waals surface area contributed by atoms with Gasteiger partial charge in [-0.15, -0.1) is 0 Å². The molecule has 3 rings (SSSR count). The summed E-state index contributed by atoms with van der Waals surface area (Å²) in [6.07, 6.45) is 5.25. The molecule has 2 aromatic heterocycles. The van der Waals surface area contributed by atoms with Gasteiger partial charge in [0.15, 0.2) is 5.82 Å². The van der Waals surface area contributed by atoms with Gasteiger partial charge in [-0.3, -0.25) is 9.78 Å². The number of hydrogen-bond acceptors (Lipinski definition) is 7. The molecule has 1 aliphatic heterocycles. The molecule has 2 aromatic rings. The van der Waals surface area contributed by atoms with Gasteiger partial charge in [0.1, 0.15) is 0 Å². The minimum absolute atomic E-state index is 0.164. The van der Waals surface area contributed by atoms with Crippen molar-refractivity contribution in [3.63, 3.8) is 0 Å². The van der Waals surface area contributed by atoms with Crippen molar-refractivity contribution in [1.82, 2.24) is 15.0 Å². The van der Waals surface area contributed by atoms with Gasteiger partial charge in [0.25, 0.3) is 5.56 Å². The molecule has 8 heteroatoms. The van der Waals surface area contributed by atoms with Crippen molar-refractivity contribution in [1.29, 1.82) is 0 Å². The van der Waals surface area contributed by atoms with Gasteiger partial charge in [0.2, 0.25) is 0 Å². The molecule has 25 heavy (non-hydrogen) atoms. The SMILES string of the molecule is Cc1ncc(N)cc1Sc1cnc(N2CCC(C)(CN)CC2)c(=O)[nH]1. The third-order valence-electron chi connectivity index (χ3n) is 4.79. The lowest BCUT2D eigenvalue weighted by molar-refractivity contribution is 0.257. The molecule has 5 N–H and O–H groups in total. The largest absolute Gasteiger partial charge is 0.397 e. The van der Waals surface area contributed by atoms with Gasteiger partial charge in [-0.1, -0.05) is 18.7 Å². The lowest BCUT2D eigenvalue weighted by atomic mass is 9.80. The zero-order valence-electron chi connectivity index (χ0n) is 14.6. The number of aromatic nitrogens is 3. The van der Waals surface area contributed by atoms with E-state index in [-0.39, 0.29) is 11.0 Å². The molecular weight excluding hydrogens is 336 g/mol. The van der Waals surface area contributed by atoms with Crippen molar-refractivity contribution in [3.8, 4) is 0 Å². The van der Waals surface area contributed by atoms with E-state index in [0.717, 1.165) is 36.5 Å². The summed E-state index contributed by atoms with van der Waals surface area (Å²) in [4.78, 5) is 27.0. The Labute approximate surface area is 151 Å². The first-order chi connectivity index (χ1) is 11.9. The molecule has 1 fully saturated rings. The predicted octanol–water partition coefficient (Wildman–Crippen LogP) is 1.77. The fraction of sp³-hybridized carbons (Fsp3) is 0.471. The average molecular weight is 360 g/mol. The Morgan fingerprint density at radius 3 is 2.68 bits per heavy atom. The smallest absolute Gasteiger partial charge is 0.291 e. The van der Waals surface area contributed by atoms with Crippen LogP contribution in [-0.2, 0) is 0 Å². The van der Waals surface area contributed by atoms with Gasteiger partial charge in [0.05, 0.1) is 28.8 Å². The minimum Gasteiger partial charge on any atom is -0.397 e. The maximum atomic E-state index is 12.5. The summed E-state index contributed by atoms with van der Waals surface area (Å²) < 4.78 is 0. The Hall–Kier alpha value is -2.06. The highest BCUT2D eigenvalue weighted by molar-refractivity contribution is 7.99. The van der Waals surface area contributed by atoms with E-state index in [1.807, 2.05) is 17.9 Å². The second-order valence-electron chi connectivity index (χ2n) is 6.86. The van der Waals surface area contributed by atoms with Crippen LogP contribution in [0.4, 0.5) is 11.5 Å². The standard InChI is InChI=1S/C17H24N6OS/c1-11-13(7-12(19)8-20-11)25-14-9-21-15(16(24)22-14)23-5-3-17(2,10-18)4-6-23/h7-9H,3-6,10,18-19H2,1-2H3,(H,22,24). The summed E-state index contributed by atoms with van der Waals surface area (Å²) >= 11 is 1.41. The van der Waals surface area contributed by atoms with Crippen LogP contribution in [0.1, 0.15) is 25.5 Å². The number of rotatable bonds is 4. The highest BCUT2D eigenvalue weighted by Gasteiger charge is 2.30. The van der Waals surface area contributed by atoms with Crippen LogP contribution in [-0.4, -0.2) is 34.6 Å². The highest BCUT2D eigenvalue weighted by atomic mass is 32.2. The van der Waals surface area contributed by atoms with Crippen LogP contribution in [0.15, 0.2) is 33.2 Å². The average Bonchev–Trinajstić information content (AvgIpc) is 2.59. The molecule has 0 aromatic carbocycles. The van der Waals surface area contributed by atoms with Crippen LogP contribution >= 0.6 is 11.8 Å². The number of nitrogens with two attached hydrogens (primary N) is 2. The first-order valence-corrected chi connectivity index (χ1v) is 9.16. The first kappa shape index (κ1) is 17.8. The van der Waals surface area contributed by atoms with Crippen LogP contribution in [0.3, 0.4) is 0 Å². The Morgan fingerprint density at radius 2 is 2.04 bits per heavy atom. The van der Waals surface area contributed by atoms with E-state index < -0.39 is 0 Å². The predicted molar refractivity (Wildman–Crippen MR) is 101 cm³/mol. The molecule has 0 amide bonds. The van der Waals surface area contributed by atoms with E-state index in [4.69, 9.17) is 11.5 Å². The van der Waals surface area contributed by atoms with Crippen molar-refractivity contribution in [2.24, 2.45) is 11.1 Å². The van der Waals surface area contributed by atoms with Gasteiger partial charge in [0, 0.05) is 18.0 Å². The Kier molecular flexibility index (Phi) is 5.01. The number of anilines is 2. The van der Waals surface area contributed by atoms with E-state index in [1.54, 1.807) is 12.4 Å². The number of aromatic amines is 1. The number of nitrogen functional groups attached to an aromatic ring is 1. The van der Waals surface area contributed by atoms with E-state index in [1.165, 1.54) is 11.8 Å². The molecule has 134 valence electrons. The Morgan fingerprint density at radius 1 is 1.32 bits per heavy atom. The molecule has 1 saturated heterocycles. The molecule has 0 bridgehead atoms. The van der Waals surface area contributed by atoms with Crippen LogP contribution in [0, 0.1) is 12.3 Å². The van der Waals surface area contributed by atoms with Crippen molar-refractivity contribution in [2.45, 2.75) is 36.6 Å². The molecule has 0 atom stereocenters. The minimum atomic E-state index is -0.170. The highest BCUT2D eigenvalue weighted by Crippen LogP contribution is 2.31. The zero-order valence-corrected chi connectivity index (χ0v) is 15.4. The normalized spacial score (nSPS) is 16.8. The van der Waals surface area contributed by atoms with Gasteiger partial charge in [-0.05, 0) is 37.8 Å². The second-order valence-corrected chi connectivity index (χ2v) is 7.94. The van der Waals surface area contributed by atoms with E-state index in [9.17, 15) is 4.79 Å². The van der Waals surface area contributed by atoms with Gasteiger partial charge in [-0.2, -0.15) is 0 Å². The quantitative estimate of drug-likeness (QED) is 0.761. The van der Waals surface area contributed by atoms with E-state index in [0.29, 0.717) is 23.1 Å². The van der Waals surface area contributed by atoms with Crippen molar-refractivity contribution >= 4 is 23.3 Å². The molecule has 3 heterocycles. The number of hydrogen-bond donors (Lipinski definition) is 3. The van der Waals surface area contributed by atoms with Crippen LogP contribution < -0.4 is 21.9 Å². The fourth-order valence-corrected chi connectivity index (χ4v) is 3.75. The number of H-pyrrole nitrogens is 1. The van der Waals surface area contributed by atoms with E-state index in [2.05, 4.69) is 21.9 Å². The summed E-state index contributed by atoms with van der Waals surface area (Å²) in [7, 11) is 0. The second kappa shape index (κ2) is 7.05. The third-order valence-corrected chi connectivity index (χ3v) is 5.85. The first-order valence-electron chi connectivity index (χ1n) is 8.34. The molecule has 0 unspecified atom stereocenters. The molecule has 0 aliphatic carbocycles. The van der Waals surface area contributed by atoms with E-state index >= 15 is 0 Å². The van der Waals surface area contributed by atoms with Crippen molar-refractivity contribution in [3.05, 3.63) is 34.5 Å². The fourth-order valence-electron chi connectivity index (χ4n) is 2.87. The van der Waals surface area contributed by atoms with Gasteiger partial charge in [-0.25, -0.2) is 4.98 Å². The Bertz CT molecular complexity index is 813. The number of piperidine rings is 1. The maximum absolute atomic E-state index is 12.5. The Balaban J connectivity index is 1.75. The van der Waals surface area contributed by atoms with Crippen molar-refractivity contribution in [2.75, 3.05) is 30.3 Å². The topological polar surface area (TPSA) is 114 Å². The number of aryl methyl sites for hydroxylation is 1. The van der Waals surface area contributed by atoms with Crippen molar-refractivity contribution < 1.29 is 0 Å². The van der Waals surface area contributed by atoms with Crippen LogP contribution in [0.2, 0.25) is 0 Å². The lowest BCUT2D eigenvalue weighted by Gasteiger charge is -2.38. The van der Waals surface area contributed by atoms with Gasteiger partial charge < -0.3 is 21.4 Å². The third kappa shape index (κ3) is 3.96. The molecule has 7 nitrogen and oxygen atoms in total. The monoisotopic (exact) mass is 360 g/mol. The number of nitrogens with one attached hydrogen (secondary N) is 1. The summed E-state index contributed by atoms with van der Waals surface area (Å²) in [6.45, 7) is 6.38. The summed E-state index contributed by atoms with van der Waals surface area (Å²) in [5.74, 6) is 0.478. The zero-order chi connectivity index (χ0) is 18.0. The molecule has 1 aliphatic rings. The van der Waals surface area contributed by atoms with Gasteiger partial charge >= 0.3 is 0 Å². The number of pyridine rings is 1. The molecule has 0 radical (unpaired) electrons. The summed E-state index contributed by atoms with van der Waals surface area (Å²) in [5.41, 5.74) is 13.1. The molecule has 0 saturated carbocycles. The maximum Gasteiger partial charge on any atom is 0.291 e. The lowest BCUT2D eigenvalue weighted by Crippen LogP contribution is -2.44. The molecule has 0 spiro atoms. The summed E-state index contributed by atoms with van der Waals surface area (Å²) in [6, 6.07) is 1.84.